The minimum atomic E-state index is -0.109. The van der Waals surface area contributed by atoms with E-state index in [1.807, 2.05) is 60.7 Å². The monoisotopic (exact) mass is 463 g/mol. The van der Waals surface area contributed by atoms with Crippen molar-refractivity contribution in [2.24, 2.45) is 5.10 Å². The van der Waals surface area contributed by atoms with Crippen LogP contribution in [0.2, 0.25) is 10.0 Å². The Balaban J connectivity index is 1.52. The average Bonchev–Trinajstić information content (AvgIpc) is 3.07. The zero-order valence-electron chi connectivity index (χ0n) is 17.7. The Morgan fingerprint density at radius 2 is 1.72 bits per heavy atom. The topological polar surface area (TPSA) is 46.4 Å². The van der Waals surface area contributed by atoms with Crippen LogP contribution in [-0.2, 0) is 17.8 Å². The van der Waals surface area contributed by atoms with Crippen LogP contribution in [0, 0.1) is 6.92 Å². The van der Waals surface area contributed by atoms with Gasteiger partial charge in [0.15, 0.2) is 0 Å². The van der Waals surface area contributed by atoms with Crippen LogP contribution in [0.25, 0.3) is 10.9 Å². The fourth-order valence-corrected chi connectivity index (χ4v) is 4.09. The molecule has 0 unspecified atom stereocenters. The molecule has 1 N–H and O–H groups in total. The molecule has 32 heavy (non-hydrogen) atoms. The molecule has 0 spiro atoms. The Kier molecular flexibility index (Phi) is 6.93. The summed E-state index contributed by atoms with van der Waals surface area (Å²) in [4.78, 5) is 12.2. The lowest BCUT2D eigenvalue weighted by Crippen LogP contribution is -2.18. The molecule has 6 heteroatoms. The maximum Gasteiger partial charge on any atom is 0.240 e. The Morgan fingerprint density at radius 3 is 2.50 bits per heavy atom. The van der Waals surface area contributed by atoms with Crippen LogP contribution in [0.3, 0.4) is 0 Å². The van der Waals surface area contributed by atoms with E-state index < -0.39 is 0 Å². The summed E-state index contributed by atoms with van der Waals surface area (Å²) in [5.41, 5.74) is 7.97. The van der Waals surface area contributed by atoms with Crippen molar-refractivity contribution in [1.82, 2.24) is 9.99 Å². The molecule has 4 nitrogen and oxygen atoms in total. The van der Waals surface area contributed by atoms with Crippen LogP contribution in [0.1, 0.15) is 28.8 Å². The minimum Gasteiger partial charge on any atom is -0.340 e. The van der Waals surface area contributed by atoms with Crippen LogP contribution in [0.15, 0.2) is 77.9 Å². The van der Waals surface area contributed by atoms with Gasteiger partial charge in [0.1, 0.15) is 0 Å². The second-order valence-electron chi connectivity index (χ2n) is 7.63. The van der Waals surface area contributed by atoms with Gasteiger partial charge >= 0.3 is 0 Å². The number of fused-ring (bicyclic) bond motifs is 1. The summed E-state index contributed by atoms with van der Waals surface area (Å²) in [5.74, 6) is -0.109. The molecule has 4 aromatic rings. The molecule has 0 radical (unpaired) electrons. The van der Waals surface area contributed by atoms with Crippen molar-refractivity contribution in [2.45, 2.75) is 26.3 Å². The van der Waals surface area contributed by atoms with Gasteiger partial charge in [0.2, 0.25) is 5.91 Å². The molecule has 0 aliphatic rings. The van der Waals surface area contributed by atoms with E-state index in [0.29, 0.717) is 29.4 Å². The van der Waals surface area contributed by atoms with Gasteiger partial charge in [-0.05, 0) is 42.7 Å². The molecule has 1 heterocycles. The summed E-state index contributed by atoms with van der Waals surface area (Å²) in [6, 6.07) is 23.8. The summed E-state index contributed by atoms with van der Waals surface area (Å²) in [6.07, 6.45) is 2.80. The number of hydrogen-bond donors (Lipinski definition) is 1. The summed E-state index contributed by atoms with van der Waals surface area (Å²) in [5, 5.41) is 6.39. The smallest absolute Gasteiger partial charge is 0.240 e. The van der Waals surface area contributed by atoms with Gasteiger partial charge in [-0.1, -0.05) is 77.8 Å². The highest BCUT2D eigenvalue weighted by Gasteiger charge is 2.13. The highest BCUT2D eigenvalue weighted by Crippen LogP contribution is 2.27. The fraction of sp³-hybridized carbons (Fsp3) is 0.154. The average molecular weight is 464 g/mol. The molecular formula is C26H23Cl2N3O. The third-order valence-electron chi connectivity index (χ3n) is 5.47. The first-order valence-corrected chi connectivity index (χ1v) is 11.2. The number of para-hydroxylation sites is 1. The number of rotatable bonds is 7. The fourth-order valence-electron chi connectivity index (χ4n) is 3.77. The molecule has 1 aromatic heterocycles. The number of benzene rings is 3. The van der Waals surface area contributed by atoms with Gasteiger partial charge in [-0.25, -0.2) is 5.43 Å². The lowest BCUT2D eigenvalue weighted by Gasteiger charge is -2.09. The number of hydrogen-bond acceptors (Lipinski definition) is 2. The number of nitrogens with zero attached hydrogens (tertiary/aromatic N) is 2. The van der Waals surface area contributed by atoms with E-state index in [-0.39, 0.29) is 5.91 Å². The Bertz CT molecular complexity index is 1280. The van der Waals surface area contributed by atoms with Crippen molar-refractivity contribution in [2.75, 3.05) is 0 Å². The number of hydrazone groups is 1. The molecule has 0 fully saturated rings. The zero-order valence-corrected chi connectivity index (χ0v) is 19.2. The van der Waals surface area contributed by atoms with E-state index in [0.717, 1.165) is 33.3 Å². The maximum atomic E-state index is 12.2. The highest BCUT2D eigenvalue weighted by molar-refractivity contribution is 6.42. The lowest BCUT2D eigenvalue weighted by molar-refractivity contribution is -0.121. The van der Waals surface area contributed by atoms with Crippen LogP contribution in [0.4, 0.5) is 0 Å². The van der Waals surface area contributed by atoms with E-state index >= 15 is 0 Å². The highest BCUT2D eigenvalue weighted by atomic mass is 35.5. The molecule has 0 atom stereocenters. The van der Waals surface area contributed by atoms with Gasteiger partial charge in [0.05, 0.1) is 16.3 Å². The number of aryl methyl sites for hydroxylation is 1. The van der Waals surface area contributed by atoms with Crippen molar-refractivity contribution in [3.8, 4) is 0 Å². The van der Waals surface area contributed by atoms with Crippen molar-refractivity contribution in [3.05, 3.63) is 105 Å². The normalized spacial score (nSPS) is 11.3. The first-order chi connectivity index (χ1) is 15.5. The van der Waals surface area contributed by atoms with Gasteiger partial charge in [-0.15, -0.1) is 0 Å². The summed E-state index contributed by atoms with van der Waals surface area (Å²) >= 11 is 12.3. The zero-order chi connectivity index (χ0) is 22.5. The van der Waals surface area contributed by atoms with E-state index in [9.17, 15) is 4.79 Å². The van der Waals surface area contributed by atoms with Crippen LogP contribution >= 0.6 is 23.2 Å². The molecule has 1 amide bonds. The largest absolute Gasteiger partial charge is 0.340 e. The molecule has 0 saturated heterocycles. The van der Waals surface area contributed by atoms with E-state index in [2.05, 4.69) is 34.2 Å². The number of nitrogens with one attached hydrogen (secondary N) is 1. The van der Waals surface area contributed by atoms with E-state index in [1.54, 1.807) is 6.21 Å². The second kappa shape index (κ2) is 10.0. The van der Waals surface area contributed by atoms with Crippen LogP contribution in [-0.4, -0.2) is 16.7 Å². The standard InChI is InChI=1S/C26H23Cl2N3O/c1-18-22(16-29-30-26(32)14-12-19-7-3-2-4-8-19)21-9-5-6-10-25(21)31(18)17-20-11-13-23(27)24(28)15-20/h2-11,13,15-16H,12,14,17H2,1H3,(H,30,32)/b29-16+. The van der Waals surface area contributed by atoms with Crippen molar-refractivity contribution in [3.63, 3.8) is 0 Å². The number of carbonyl (C=O) groups excluding carboxylic acids is 1. The predicted molar refractivity (Wildman–Crippen MR) is 133 cm³/mol. The maximum absolute atomic E-state index is 12.2. The van der Waals surface area contributed by atoms with Crippen LogP contribution < -0.4 is 5.43 Å². The molecule has 162 valence electrons. The third kappa shape index (κ3) is 5.04. The van der Waals surface area contributed by atoms with Crippen molar-refractivity contribution in [1.29, 1.82) is 0 Å². The summed E-state index contributed by atoms with van der Waals surface area (Å²) in [6.45, 7) is 2.70. The third-order valence-corrected chi connectivity index (χ3v) is 6.21. The lowest BCUT2D eigenvalue weighted by atomic mass is 10.1. The Hall–Kier alpha value is -3.08. The molecule has 0 bridgehead atoms. The SMILES string of the molecule is Cc1c(/C=N/NC(=O)CCc2ccccc2)c2ccccc2n1Cc1ccc(Cl)c(Cl)c1. The molecule has 4 rings (SSSR count). The van der Waals surface area contributed by atoms with Gasteiger partial charge < -0.3 is 4.57 Å². The van der Waals surface area contributed by atoms with Gasteiger partial charge in [-0.2, -0.15) is 5.10 Å². The Morgan fingerprint density at radius 1 is 0.969 bits per heavy atom. The van der Waals surface area contributed by atoms with Gasteiger partial charge in [-0.3, -0.25) is 4.79 Å². The summed E-state index contributed by atoms with van der Waals surface area (Å²) in [7, 11) is 0. The number of halogens is 2. The molecule has 3 aromatic carbocycles. The van der Waals surface area contributed by atoms with Crippen molar-refractivity contribution >= 4 is 46.2 Å². The van der Waals surface area contributed by atoms with E-state index in [1.165, 1.54) is 0 Å². The molecule has 0 aliphatic carbocycles. The minimum absolute atomic E-state index is 0.109. The molecular weight excluding hydrogens is 441 g/mol. The van der Waals surface area contributed by atoms with Gasteiger partial charge in [0, 0.05) is 35.1 Å². The quantitative estimate of drug-likeness (QED) is 0.250. The number of aromatic nitrogens is 1. The number of carbonyl (C=O) groups is 1. The van der Waals surface area contributed by atoms with Gasteiger partial charge in [0.25, 0.3) is 0 Å². The van der Waals surface area contributed by atoms with Crippen molar-refractivity contribution < 1.29 is 4.79 Å². The van der Waals surface area contributed by atoms with E-state index in [4.69, 9.17) is 23.2 Å². The predicted octanol–water partition coefficient (Wildman–Crippen LogP) is 6.39. The Labute approximate surface area is 197 Å². The first kappa shape index (κ1) is 22.1. The molecule has 0 aliphatic heterocycles. The number of amides is 1. The van der Waals surface area contributed by atoms with Crippen LogP contribution in [0.5, 0.6) is 0 Å². The summed E-state index contributed by atoms with van der Waals surface area (Å²) < 4.78 is 2.22. The first-order valence-electron chi connectivity index (χ1n) is 10.4. The second-order valence-corrected chi connectivity index (χ2v) is 8.44. The molecule has 0 saturated carbocycles.